The third-order valence-electron chi connectivity index (χ3n) is 2.26. The summed E-state index contributed by atoms with van der Waals surface area (Å²) in [7, 11) is 0. The molecule has 5 nitrogen and oxygen atoms in total. The summed E-state index contributed by atoms with van der Waals surface area (Å²) < 4.78 is 0. The zero-order valence-corrected chi connectivity index (χ0v) is 8.25. The van der Waals surface area contributed by atoms with Gasteiger partial charge in [-0.15, -0.1) is 0 Å². The number of carbonyl (C=O) groups is 2. The molecule has 0 aromatic heterocycles. The number of nitrogens with one attached hydrogen (secondary N) is 2. The number of urea groups is 1. The monoisotopic (exact) mass is 200 g/mol. The van der Waals surface area contributed by atoms with Crippen LogP contribution in [0.4, 0.5) is 4.79 Å². The fourth-order valence-corrected chi connectivity index (χ4v) is 1.11. The van der Waals surface area contributed by atoms with Gasteiger partial charge in [-0.25, -0.2) is 9.59 Å². The summed E-state index contributed by atoms with van der Waals surface area (Å²) in [6.07, 6.45) is 2.72. The molecule has 1 unspecified atom stereocenters. The number of carbonyl (C=O) groups excluding carboxylic acids is 1. The minimum atomic E-state index is -0.992. The molecule has 1 atom stereocenters. The van der Waals surface area contributed by atoms with E-state index in [0.717, 1.165) is 12.8 Å². The highest BCUT2D eigenvalue weighted by Gasteiger charge is 2.23. The minimum Gasteiger partial charge on any atom is -0.480 e. The van der Waals surface area contributed by atoms with E-state index in [1.807, 2.05) is 0 Å². The van der Waals surface area contributed by atoms with Gasteiger partial charge in [-0.3, -0.25) is 0 Å². The molecular weight excluding hydrogens is 184 g/mol. The van der Waals surface area contributed by atoms with Crippen LogP contribution in [-0.4, -0.2) is 29.7 Å². The largest absolute Gasteiger partial charge is 0.480 e. The lowest BCUT2D eigenvalue weighted by Crippen LogP contribution is -2.46. The van der Waals surface area contributed by atoms with Gasteiger partial charge < -0.3 is 15.7 Å². The van der Waals surface area contributed by atoms with Crippen molar-refractivity contribution >= 4 is 12.0 Å². The molecular formula is C9H16N2O3. The van der Waals surface area contributed by atoms with Crippen LogP contribution in [0.1, 0.15) is 26.2 Å². The highest BCUT2D eigenvalue weighted by molar-refractivity contribution is 5.82. The molecule has 0 saturated heterocycles. The first kappa shape index (κ1) is 10.8. The maximum Gasteiger partial charge on any atom is 0.326 e. The first-order valence-electron chi connectivity index (χ1n) is 4.90. The Labute approximate surface area is 82.9 Å². The summed E-state index contributed by atoms with van der Waals surface area (Å²) in [5.74, 6) is -0.389. The van der Waals surface area contributed by atoms with Crippen molar-refractivity contribution < 1.29 is 14.7 Å². The van der Waals surface area contributed by atoms with E-state index >= 15 is 0 Å². The van der Waals surface area contributed by atoms with Crippen LogP contribution in [0, 0.1) is 5.92 Å². The van der Waals surface area contributed by atoms with E-state index in [0.29, 0.717) is 18.9 Å². The van der Waals surface area contributed by atoms with Crippen LogP contribution in [0.15, 0.2) is 0 Å². The van der Waals surface area contributed by atoms with E-state index in [-0.39, 0.29) is 6.03 Å². The molecule has 0 radical (unpaired) electrons. The molecule has 5 heteroatoms. The van der Waals surface area contributed by atoms with Crippen LogP contribution in [0.3, 0.4) is 0 Å². The Morgan fingerprint density at radius 2 is 2.14 bits per heavy atom. The number of amides is 2. The van der Waals surface area contributed by atoms with E-state index in [1.54, 1.807) is 6.92 Å². The van der Waals surface area contributed by atoms with Gasteiger partial charge in [-0.05, 0) is 25.2 Å². The molecule has 0 bridgehead atoms. The summed E-state index contributed by atoms with van der Waals surface area (Å²) in [5.41, 5.74) is 0. The Bertz CT molecular complexity index is 226. The molecule has 1 rings (SSSR count). The van der Waals surface area contributed by atoms with Crippen LogP contribution in [-0.2, 0) is 4.79 Å². The van der Waals surface area contributed by atoms with Gasteiger partial charge in [0.05, 0.1) is 0 Å². The Hall–Kier alpha value is -1.26. The van der Waals surface area contributed by atoms with E-state index in [4.69, 9.17) is 5.11 Å². The number of carboxylic acids is 1. The van der Waals surface area contributed by atoms with Gasteiger partial charge in [-0.1, -0.05) is 6.92 Å². The van der Waals surface area contributed by atoms with Crippen molar-refractivity contribution in [3.05, 3.63) is 0 Å². The zero-order chi connectivity index (χ0) is 10.6. The number of rotatable bonds is 5. The van der Waals surface area contributed by atoms with Crippen molar-refractivity contribution in [2.45, 2.75) is 32.2 Å². The summed E-state index contributed by atoms with van der Waals surface area (Å²) >= 11 is 0. The van der Waals surface area contributed by atoms with Crippen molar-refractivity contribution in [3.63, 3.8) is 0 Å². The lowest BCUT2D eigenvalue weighted by atomic mass is 10.2. The number of hydrogen-bond acceptors (Lipinski definition) is 2. The van der Waals surface area contributed by atoms with Crippen LogP contribution >= 0.6 is 0 Å². The molecule has 80 valence electrons. The number of carboxylic acid groups (broad SMARTS) is 1. The first-order valence-corrected chi connectivity index (χ1v) is 4.90. The first-order chi connectivity index (χ1) is 6.63. The quantitative estimate of drug-likeness (QED) is 0.606. The number of aliphatic carboxylic acids is 1. The van der Waals surface area contributed by atoms with Crippen molar-refractivity contribution in [2.24, 2.45) is 5.92 Å². The fourth-order valence-electron chi connectivity index (χ4n) is 1.11. The molecule has 3 N–H and O–H groups in total. The molecule has 1 saturated carbocycles. The normalized spacial score (nSPS) is 17.2. The average molecular weight is 200 g/mol. The Morgan fingerprint density at radius 1 is 1.50 bits per heavy atom. The van der Waals surface area contributed by atoms with Crippen LogP contribution < -0.4 is 10.6 Å². The molecule has 2 amide bonds. The summed E-state index contributed by atoms with van der Waals surface area (Å²) in [6, 6.07) is -1.17. The van der Waals surface area contributed by atoms with Gasteiger partial charge in [0.2, 0.25) is 0 Å². The molecule has 0 aromatic rings. The lowest BCUT2D eigenvalue weighted by molar-refractivity contribution is -0.139. The van der Waals surface area contributed by atoms with Crippen molar-refractivity contribution in [1.82, 2.24) is 10.6 Å². The van der Waals surface area contributed by atoms with E-state index in [9.17, 15) is 9.59 Å². The van der Waals surface area contributed by atoms with Crippen molar-refractivity contribution in [2.75, 3.05) is 6.54 Å². The topological polar surface area (TPSA) is 78.4 Å². The van der Waals surface area contributed by atoms with Gasteiger partial charge in [0.1, 0.15) is 6.04 Å². The second-order valence-corrected chi connectivity index (χ2v) is 3.60. The van der Waals surface area contributed by atoms with Gasteiger partial charge in [0.15, 0.2) is 0 Å². The third-order valence-corrected chi connectivity index (χ3v) is 2.26. The third kappa shape index (κ3) is 3.64. The second-order valence-electron chi connectivity index (χ2n) is 3.60. The predicted molar refractivity (Wildman–Crippen MR) is 51.0 cm³/mol. The molecule has 0 aliphatic heterocycles. The van der Waals surface area contributed by atoms with Gasteiger partial charge in [0, 0.05) is 6.54 Å². The Morgan fingerprint density at radius 3 is 2.57 bits per heavy atom. The van der Waals surface area contributed by atoms with Crippen LogP contribution in [0.5, 0.6) is 0 Å². The molecule has 0 aromatic carbocycles. The molecule has 1 fully saturated rings. The predicted octanol–water partition coefficient (Wildman–Crippen LogP) is 0.559. The van der Waals surface area contributed by atoms with E-state index < -0.39 is 12.0 Å². The van der Waals surface area contributed by atoms with Gasteiger partial charge in [0.25, 0.3) is 0 Å². The van der Waals surface area contributed by atoms with E-state index in [1.165, 1.54) is 0 Å². The number of hydrogen-bond donors (Lipinski definition) is 3. The van der Waals surface area contributed by atoms with Crippen LogP contribution in [0.2, 0.25) is 0 Å². The summed E-state index contributed by atoms with van der Waals surface area (Å²) in [6.45, 7) is 2.38. The zero-order valence-electron chi connectivity index (χ0n) is 8.25. The molecule has 0 heterocycles. The summed E-state index contributed by atoms with van der Waals surface area (Å²) in [5, 5.41) is 13.7. The van der Waals surface area contributed by atoms with Crippen molar-refractivity contribution in [3.8, 4) is 0 Å². The molecule has 1 aliphatic rings. The SMILES string of the molecule is CCC(NC(=O)NCC1CC1)C(=O)O. The highest BCUT2D eigenvalue weighted by atomic mass is 16.4. The lowest BCUT2D eigenvalue weighted by Gasteiger charge is -2.12. The van der Waals surface area contributed by atoms with Gasteiger partial charge in [-0.2, -0.15) is 0 Å². The van der Waals surface area contributed by atoms with Crippen molar-refractivity contribution in [1.29, 1.82) is 0 Å². The minimum absolute atomic E-state index is 0.383. The smallest absolute Gasteiger partial charge is 0.326 e. The molecule has 1 aliphatic carbocycles. The Balaban J connectivity index is 2.19. The maximum absolute atomic E-state index is 11.2. The maximum atomic E-state index is 11.2. The fraction of sp³-hybridized carbons (Fsp3) is 0.778. The molecule has 0 spiro atoms. The summed E-state index contributed by atoms with van der Waals surface area (Å²) in [4.78, 5) is 21.7. The average Bonchev–Trinajstić information content (AvgIpc) is 2.93. The second kappa shape index (κ2) is 4.83. The van der Waals surface area contributed by atoms with Crippen LogP contribution in [0.25, 0.3) is 0 Å². The standard InChI is InChI=1S/C9H16N2O3/c1-2-7(8(12)13)11-9(14)10-5-6-3-4-6/h6-7H,2-5H2,1H3,(H,12,13)(H2,10,11,14). The van der Waals surface area contributed by atoms with Gasteiger partial charge >= 0.3 is 12.0 Å². The Kier molecular flexibility index (Phi) is 3.73. The highest BCUT2D eigenvalue weighted by Crippen LogP contribution is 2.27. The van der Waals surface area contributed by atoms with E-state index in [2.05, 4.69) is 10.6 Å². The molecule has 14 heavy (non-hydrogen) atoms.